The Hall–Kier alpha value is 0.210. The van der Waals surface area contributed by atoms with Crippen molar-refractivity contribution in [2.75, 3.05) is 6.54 Å². The highest BCUT2D eigenvalue weighted by molar-refractivity contribution is 5.85. The third kappa shape index (κ3) is 8.21. The van der Waals surface area contributed by atoms with Gasteiger partial charge < -0.3 is 11.5 Å². The molecule has 0 rings (SSSR count). The molecule has 3 heteroatoms. The van der Waals surface area contributed by atoms with Crippen LogP contribution < -0.4 is 11.5 Å². The number of rotatable bonds is 5. The molecule has 0 aliphatic heterocycles. The van der Waals surface area contributed by atoms with E-state index in [-0.39, 0.29) is 18.4 Å². The zero-order chi connectivity index (χ0) is 7.11. The third-order valence-corrected chi connectivity index (χ3v) is 1.48. The van der Waals surface area contributed by atoms with Crippen LogP contribution in [0.2, 0.25) is 0 Å². The molecule has 0 aromatic rings. The Morgan fingerprint density at radius 3 is 2.30 bits per heavy atom. The zero-order valence-corrected chi connectivity index (χ0v) is 7.49. The minimum atomic E-state index is 0. The lowest BCUT2D eigenvalue weighted by atomic mass is 10.1. The first-order valence-electron chi connectivity index (χ1n) is 3.77. The molecule has 0 fully saturated rings. The summed E-state index contributed by atoms with van der Waals surface area (Å²) < 4.78 is 0. The zero-order valence-electron chi connectivity index (χ0n) is 6.68. The molecule has 0 aromatic heterocycles. The van der Waals surface area contributed by atoms with Gasteiger partial charge >= 0.3 is 0 Å². The minimum Gasteiger partial charge on any atom is -0.329 e. The van der Waals surface area contributed by atoms with Crippen molar-refractivity contribution in [1.82, 2.24) is 0 Å². The molecule has 10 heavy (non-hydrogen) atoms. The van der Waals surface area contributed by atoms with Crippen molar-refractivity contribution in [3.8, 4) is 0 Å². The highest BCUT2D eigenvalue weighted by atomic mass is 35.5. The normalized spacial score (nSPS) is 12.3. The van der Waals surface area contributed by atoms with Gasteiger partial charge in [-0.1, -0.05) is 26.2 Å². The molecule has 4 N–H and O–H groups in total. The van der Waals surface area contributed by atoms with Gasteiger partial charge in [0.05, 0.1) is 0 Å². The summed E-state index contributed by atoms with van der Waals surface area (Å²) >= 11 is 0. The van der Waals surface area contributed by atoms with Gasteiger partial charge in [0.25, 0.3) is 0 Å². The summed E-state index contributed by atoms with van der Waals surface area (Å²) in [5, 5.41) is 0. The summed E-state index contributed by atoms with van der Waals surface area (Å²) in [5.74, 6) is 0. The maximum atomic E-state index is 5.59. The van der Waals surface area contributed by atoms with E-state index >= 15 is 0 Å². The van der Waals surface area contributed by atoms with Crippen LogP contribution in [0.25, 0.3) is 0 Å². The van der Waals surface area contributed by atoms with Crippen LogP contribution in [-0.4, -0.2) is 12.6 Å². The van der Waals surface area contributed by atoms with E-state index in [9.17, 15) is 0 Å². The van der Waals surface area contributed by atoms with Crippen LogP contribution in [0.3, 0.4) is 0 Å². The van der Waals surface area contributed by atoms with Crippen LogP contribution in [0.15, 0.2) is 0 Å². The van der Waals surface area contributed by atoms with Gasteiger partial charge in [-0.15, -0.1) is 12.4 Å². The fourth-order valence-corrected chi connectivity index (χ4v) is 0.774. The second-order valence-corrected chi connectivity index (χ2v) is 2.49. The average molecular weight is 167 g/mol. The molecule has 0 bridgehead atoms. The van der Waals surface area contributed by atoms with Crippen LogP contribution in [0.5, 0.6) is 0 Å². The number of unbranched alkanes of at least 4 members (excludes halogenated alkanes) is 2. The van der Waals surface area contributed by atoms with Gasteiger partial charge in [0, 0.05) is 12.6 Å². The first kappa shape index (κ1) is 12.8. The Labute approximate surface area is 69.8 Å². The Bertz CT molecular complexity index is 59.6. The van der Waals surface area contributed by atoms with E-state index in [1.165, 1.54) is 19.3 Å². The molecule has 0 aromatic carbocycles. The molecule has 0 aliphatic carbocycles. The summed E-state index contributed by atoms with van der Waals surface area (Å²) in [6.45, 7) is 2.82. The minimum absolute atomic E-state index is 0. The van der Waals surface area contributed by atoms with E-state index < -0.39 is 0 Å². The summed E-state index contributed by atoms with van der Waals surface area (Å²) in [6.07, 6.45) is 4.87. The monoisotopic (exact) mass is 166 g/mol. The highest BCUT2D eigenvalue weighted by Crippen LogP contribution is 1.99. The number of hydrogen-bond donors (Lipinski definition) is 2. The standard InChI is InChI=1S/C7H18N2.ClH/c1-2-3-4-5-7(9)6-8;/h7H,2-6,8-9H2,1H3;1H. The van der Waals surface area contributed by atoms with Crippen molar-refractivity contribution >= 4 is 12.4 Å². The maximum absolute atomic E-state index is 5.59. The molecule has 0 aliphatic rings. The average Bonchev–Trinajstić information content (AvgIpc) is 1.89. The molecule has 64 valence electrons. The van der Waals surface area contributed by atoms with E-state index in [1.54, 1.807) is 0 Å². The van der Waals surface area contributed by atoms with Gasteiger partial charge in [0.1, 0.15) is 0 Å². The summed E-state index contributed by atoms with van der Waals surface area (Å²) in [5.41, 5.74) is 10.9. The summed E-state index contributed by atoms with van der Waals surface area (Å²) in [4.78, 5) is 0. The lowest BCUT2D eigenvalue weighted by Crippen LogP contribution is -2.29. The van der Waals surface area contributed by atoms with Crippen LogP contribution in [0.4, 0.5) is 0 Å². The number of hydrogen-bond acceptors (Lipinski definition) is 2. The molecule has 0 saturated carbocycles. The molecule has 1 atom stereocenters. The van der Waals surface area contributed by atoms with Crippen molar-refractivity contribution in [3.05, 3.63) is 0 Å². The molecule has 0 spiro atoms. The largest absolute Gasteiger partial charge is 0.329 e. The van der Waals surface area contributed by atoms with Gasteiger partial charge in [-0.05, 0) is 6.42 Å². The predicted molar refractivity (Wildman–Crippen MR) is 48.4 cm³/mol. The van der Waals surface area contributed by atoms with Crippen molar-refractivity contribution in [2.45, 2.75) is 38.6 Å². The van der Waals surface area contributed by atoms with Crippen molar-refractivity contribution in [3.63, 3.8) is 0 Å². The smallest absolute Gasteiger partial charge is 0.0163 e. The summed E-state index contributed by atoms with van der Waals surface area (Å²) in [7, 11) is 0. The molecular weight excluding hydrogens is 148 g/mol. The van der Waals surface area contributed by atoms with Crippen molar-refractivity contribution in [2.24, 2.45) is 11.5 Å². The molecule has 0 saturated heterocycles. The molecular formula is C7H19ClN2. The van der Waals surface area contributed by atoms with E-state index in [0.29, 0.717) is 6.54 Å². The van der Waals surface area contributed by atoms with Crippen LogP contribution in [0.1, 0.15) is 32.6 Å². The van der Waals surface area contributed by atoms with Crippen LogP contribution >= 0.6 is 12.4 Å². The van der Waals surface area contributed by atoms with Gasteiger partial charge in [0.2, 0.25) is 0 Å². The molecule has 1 unspecified atom stereocenters. The summed E-state index contributed by atoms with van der Waals surface area (Å²) in [6, 6.07) is 0.233. The Morgan fingerprint density at radius 1 is 1.30 bits per heavy atom. The molecule has 0 radical (unpaired) electrons. The lowest BCUT2D eigenvalue weighted by Gasteiger charge is -2.05. The first-order chi connectivity index (χ1) is 4.31. The number of halogens is 1. The van der Waals surface area contributed by atoms with E-state index in [2.05, 4.69) is 6.92 Å². The molecule has 0 amide bonds. The van der Waals surface area contributed by atoms with Crippen LogP contribution in [-0.2, 0) is 0 Å². The topological polar surface area (TPSA) is 52.0 Å². The SMILES string of the molecule is CCCCCC(N)CN.Cl. The Kier molecular flexibility index (Phi) is 11.8. The molecule has 2 nitrogen and oxygen atoms in total. The Balaban J connectivity index is 0. The number of nitrogens with two attached hydrogens (primary N) is 2. The lowest BCUT2D eigenvalue weighted by molar-refractivity contribution is 0.566. The molecule has 0 heterocycles. The predicted octanol–water partition coefficient (Wildman–Crippen LogP) is 1.27. The van der Waals surface area contributed by atoms with Gasteiger partial charge in [-0.25, -0.2) is 0 Å². The Morgan fingerprint density at radius 2 is 1.90 bits per heavy atom. The fraction of sp³-hybridized carbons (Fsp3) is 1.00. The highest BCUT2D eigenvalue weighted by Gasteiger charge is 1.96. The van der Waals surface area contributed by atoms with Crippen molar-refractivity contribution < 1.29 is 0 Å². The first-order valence-corrected chi connectivity index (χ1v) is 3.77. The second-order valence-electron chi connectivity index (χ2n) is 2.49. The van der Waals surface area contributed by atoms with E-state index in [1.807, 2.05) is 0 Å². The van der Waals surface area contributed by atoms with Crippen LogP contribution in [0, 0.1) is 0 Å². The quantitative estimate of drug-likeness (QED) is 0.605. The second kappa shape index (κ2) is 9.21. The van der Waals surface area contributed by atoms with E-state index in [4.69, 9.17) is 11.5 Å². The maximum Gasteiger partial charge on any atom is 0.0163 e. The van der Waals surface area contributed by atoms with E-state index in [0.717, 1.165) is 6.42 Å². The third-order valence-electron chi connectivity index (χ3n) is 1.48. The van der Waals surface area contributed by atoms with Gasteiger partial charge in [0.15, 0.2) is 0 Å². The fourth-order valence-electron chi connectivity index (χ4n) is 0.774. The van der Waals surface area contributed by atoms with Gasteiger partial charge in [-0.2, -0.15) is 0 Å². The van der Waals surface area contributed by atoms with Crippen molar-refractivity contribution in [1.29, 1.82) is 0 Å². The van der Waals surface area contributed by atoms with Gasteiger partial charge in [-0.3, -0.25) is 0 Å².